The number of hydrogen-bond acceptors (Lipinski definition) is 2. The molecule has 2 rings (SSSR count). The lowest BCUT2D eigenvalue weighted by Crippen LogP contribution is -2.12. The minimum absolute atomic E-state index is 0.283. The maximum absolute atomic E-state index is 12.2. The Kier molecular flexibility index (Phi) is 4.58. The number of carbonyl (C=O) groups excluding carboxylic acids is 1. The fourth-order valence-corrected chi connectivity index (χ4v) is 2.46. The molecule has 0 aliphatic heterocycles. The van der Waals surface area contributed by atoms with E-state index >= 15 is 0 Å². The molecule has 0 aromatic heterocycles. The normalized spacial score (nSPS) is 10.4. The second-order valence-electron chi connectivity index (χ2n) is 4.27. The van der Waals surface area contributed by atoms with Gasteiger partial charge in [-0.2, -0.15) is 0 Å². The Morgan fingerprint density at radius 2 is 1.90 bits per heavy atom. The van der Waals surface area contributed by atoms with E-state index in [2.05, 4.69) is 21.2 Å². The molecule has 2 aromatic carbocycles. The van der Waals surface area contributed by atoms with Gasteiger partial charge in [-0.05, 0) is 58.7 Å². The minimum atomic E-state index is -0.283. The van der Waals surface area contributed by atoms with Crippen LogP contribution in [0.1, 0.15) is 15.9 Å². The first kappa shape index (κ1) is 15.2. The van der Waals surface area contributed by atoms with Crippen molar-refractivity contribution in [2.45, 2.75) is 6.92 Å². The third-order valence-electron chi connectivity index (χ3n) is 2.75. The van der Waals surface area contributed by atoms with Crippen molar-refractivity contribution in [1.29, 1.82) is 0 Å². The molecule has 0 aliphatic carbocycles. The smallest absolute Gasteiger partial charge is 0.255 e. The topological polar surface area (TPSA) is 55.1 Å². The number of rotatable bonds is 2. The van der Waals surface area contributed by atoms with Gasteiger partial charge in [-0.1, -0.05) is 23.2 Å². The summed E-state index contributed by atoms with van der Waals surface area (Å²) in [5.74, 6) is -0.283. The first-order chi connectivity index (χ1) is 9.38. The molecule has 0 radical (unpaired) electrons. The van der Waals surface area contributed by atoms with Crippen molar-refractivity contribution in [3.63, 3.8) is 0 Å². The van der Waals surface area contributed by atoms with E-state index < -0.39 is 0 Å². The largest absolute Gasteiger partial charge is 0.398 e. The summed E-state index contributed by atoms with van der Waals surface area (Å²) >= 11 is 15.3. The van der Waals surface area contributed by atoms with Crippen LogP contribution in [-0.2, 0) is 0 Å². The zero-order chi connectivity index (χ0) is 14.9. The molecule has 0 saturated heterocycles. The van der Waals surface area contributed by atoms with Crippen molar-refractivity contribution in [3.05, 3.63) is 56.0 Å². The Morgan fingerprint density at radius 1 is 1.20 bits per heavy atom. The molecule has 0 saturated carbocycles. The van der Waals surface area contributed by atoms with Crippen LogP contribution in [0, 0.1) is 6.92 Å². The summed E-state index contributed by atoms with van der Waals surface area (Å²) in [5.41, 5.74) is 7.99. The van der Waals surface area contributed by atoms with E-state index in [0.29, 0.717) is 27.0 Å². The zero-order valence-corrected chi connectivity index (χ0v) is 13.6. The van der Waals surface area contributed by atoms with E-state index in [4.69, 9.17) is 28.9 Å². The molecular weight excluding hydrogens is 363 g/mol. The maximum atomic E-state index is 12.2. The molecular formula is C14H11BrCl2N2O. The van der Waals surface area contributed by atoms with Gasteiger partial charge in [0.1, 0.15) is 0 Å². The average Bonchev–Trinajstić information content (AvgIpc) is 2.39. The lowest BCUT2D eigenvalue weighted by molar-refractivity contribution is 0.102. The van der Waals surface area contributed by atoms with Gasteiger partial charge in [0.25, 0.3) is 5.91 Å². The summed E-state index contributed by atoms with van der Waals surface area (Å²) in [6.45, 7) is 1.89. The molecule has 20 heavy (non-hydrogen) atoms. The van der Waals surface area contributed by atoms with Crippen molar-refractivity contribution < 1.29 is 4.79 Å². The molecule has 6 heteroatoms. The molecule has 0 aliphatic rings. The van der Waals surface area contributed by atoms with Gasteiger partial charge < -0.3 is 11.1 Å². The summed E-state index contributed by atoms with van der Waals surface area (Å²) in [5, 5.41) is 3.77. The van der Waals surface area contributed by atoms with Gasteiger partial charge in [0.2, 0.25) is 0 Å². The Bertz CT molecular complexity index is 689. The summed E-state index contributed by atoms with van der Waals surface area (Å²) in [6, 6.07) is 8.26. The number of carbonyl (C=O) groups is 1. The number of aryl methyl sites for hydroxylation is 1. The molecule has 0 atom stereocenters. The summed E-state index contributed by atoms with van der Waals surface area (Å²) in [6.07, 6.45) is 0. The van der Waals surface area contributed by atoms with Gasteiger partial charge in [-0.3, -0.25) is 4.79 Å². The van der Waals surface area contributed by atoms with Gasteiger partial charge in [0.05, 0.1) is 16.4 Å². The number of nitrogens with two attached hydrogens (primary N) is 1. The van der Waals surface area contributed by atoms with Crippen molar-refractivity contribution in [2.75, 3.05) is 11.1 Å². The van der Waals surface area contributed by atoms with Gasteiger partial charge in [-0.25, -0.2) is 0 Å². The molecule has 3 nitrogen and oxygen atoms in total. The van der Waals surface area contributed by atoms with Crippen molar-refractivity contribution in [1.82, 2.24) is 0 Å². The predicted molar refractivity (Wildman–Crippen MR) is 87.7 cm³/mol. The molecule has 0 bridgehead atoms. The third-order valence-corrected chi connectivity index (χ3v) is 4.16. The lowest BCUT2D eigenvalue weighted by Gasteiger charge is -2.10. The second-order valence-corrected chi connectivity index (χ2v) is 5.94. The number of nitrogen functional groups attached to an aromatic ring is 1. The summed E-state index contributed by atoms with van der Waals surface area (Å²) in [7, 11) is 0. The minimum Gasteiger partial charge on any atom is -0.398 e. The SMILES string of the molecule is Cc1cc(Br)c(NC(=O)c2ccc(Cl)c(N)c2)cc1Cl. The van der Waals surface area contributed by atoms with Crippen LogP contribution in [0.15, 0.2) is 34.8 Å². The standard InChI is InChI=1S/C14H11BrCl2N2O/c1-7-4-9(15)13(6-11(7)17)19-14(20)8-2-3-10(16)12(18)5-8/h2-6H,18H2,1H3,(H,19,20). The number of amides is 1. The fraction of sp³-hybridized carbons (Fsp3) is 0.0714. The number of halogens is 3. The molecule has 2 aromatic rings. The van der Waals surface area contributed by atoms with Gasteiger partial charge in [-0.15, -0.1) is 0 Å². The Hall–Kier alpha value is -1.23. The fourth-order valence-electron chi connectivity index (χ4n) is 1.62. The van der Waals surface area contributed by atoms with E-state index in [0.717, 1.165) is 10.0 Å². The quantitative estimate of drug-likeness (QED) is 0.735. The van der Waals surface area contributed by atoms with Crippen LogP contribution in [0.5, 0.6) is 0 Å². The van der Waals surface area contributed by atoms with Crippen LogP contribution >= 0.6 is 39.1 Å². The van der Waals surface area contributed by atoms with Crippen LogP contribution in [0.3, 0.4) is 0 Å². The molecule has 0 unspecified atom stereocenters. The third kappa shape index (κ3) is 3.26. The van der Waals surface area contributed by atoms with Gasteiger partial charge >= 0.3 is 0 Å². The molecule has 0 heterocycles. The number of benzene rings is 2. The lowest BCUT2D eigenvalue weighted by atomic mass is 10.1. The highest BCUT2D eigenvalue weighted by atomic mass is 79.9. The van der Waals surface area contributed by atoms with E-state index in [9.17, 15) is 4.79 Å². The van der Waals surface area contributed by atoms with E-state index in [1.54, 1.807) is 18.2 Å². The van der Waals surface area contributed by atoms with Crippen LogP contribution in [-0.4, -0.2) is 5.91 Å². The monoisotopic (exact) mass is 372 g/mol. The zero-order valence-electron chi connectivity index (χ0n) is 10.5. The highest BCUT2D eigenvalue weighted by Crippen LogP contribution is 2.29. The van der Waals surface area contributed by atoms with E-state index in [1.807, 2.05) is 13.0 Å². The molecule has 0 spiro atoms. The summed E-state index contributed by atoms with van der Waals surface area (Å²) in [4.78, 5) is 12.2. The number of nitrogens with one attached hydrogen (secondary N) is 1. The van der Waals surface area contributed by atoms with Crippen molar-refractivity contribution >= 4 is 56.4 Å². The van der Waals surface area contributed by atoms with Crippen LogP contribution in [0.2, 0.25) is 10.0 Å². The van der Waals surface area contributed by atoms with Gasteiger partial charge in [0.15, 0.2) is 0 Å². The van der Waals surface area contributed by atoms with Crippen molar-refractivity contribution in [2.24, 2.45) is 0 Å². The Morgan fingerprint density at radius 3 is 2.55 bits per heavy atom. The first-order valence-corrected chi connectivity index (χ1v) is 7.25. The number of anilines is 2. The number of hydrogen-bond donors (Lipinski definition) is 2. The second kappa shape index (κ2) is 6.04. The van der Waals surface area contributed by atoms with Crippen LogP contribution < -0.4 is 11.1 Å². The van der Waals surface area contributed by atoms with Crippen LogP contribution in [0.25, 0.3) is 0 Å². The van der Waals surface area contributed by atoms with E-state index in [1.165, 1.54) is 6.07 Å². The highest BCUT2D eigenvalue weighted by molar-refractivity contribution is 9.10. The van der Waals surface area contributed by atoms with E-state index in [-0.39, 0.29) is 5.91 Å². The molecule has 0 fully saturated rings. The highest BCUT2D eigenvalue weighted by Gasteiger charge is 2.11. The van der Waals surface area contributed by atoms with Crippen LogP contribution in [0.4, 0.5) is 11.4 Å². The molecule has 3 N–H and O–H groups in total. The Balaban J connectivity index is 2.27. The average molecular weight is 374 g/mol. The molecule has 104 valence electrons. The van der Waals surface area contributed by atoms with Crippen molar-refractivity contribution in [3.8, 4) is 0 Å². The van der Waals surface area contributed by atoms with Gasteiger partial charge in [0, 0.05) is 15.1 Å². The summed E-state index contributed by atoms with van der Waals surface area (Å²) < 4.78 is 0.759. The maximum Gasteiger partial charge on any atom is 0.255 e. The predicted octanol–water partition coefficient (Wildman–Crippen LogP) is 4.90. The Labute approximate surface area is 135 Å². The molecule has 1 amide bonds. The first-order valence-electron chi connectivity index (χ1n) is 5.70.